The largest absolute Gasteiger partial charge is 0.459 e. The molecule has 0 saturated heterocycles. The fourth-order valence-electron chi connectivity index (χ4n) is 1.54. The molecule has 0 radical (unpaired) electrons. The lowest BCUT2D eigenvalue weighted by atomic mass is 10.1. The van der Waals surface area contributed by atoms with E-state index in [4.69, 9.17) is 5.26 Å². The molecule has 0 amide bonds. The van der Waals surface area contributed by atoms with Gasteiger partial charge in [-0.05, 0) is 0 Å². The van der Waals surface area contributed by atoms with Crippen molar-refractivity contribution in [2.45, 2.75) is 24.8 Å². The minimum Gasteiger partial charge on any atom is -0.383 e. The van der Waals surface area contributed by atoms with Crippen molar-refractivity contribution in [2.24, 2.45) is 0 Å². The van der Waals surface area contributed by atoms with E-state index in [0.29, 0.717) is 0 Å². The summed E-state index contributed by atoms with van der Waals surface area (Å²) < 4.78 is 106. The summed E-state index contributed by atoms with van der Waals surface area (Å²) in [5.41, 5.74) is -6.41. The molecule has 0 bridgehead atoms. The average molecular weight is 337 g/mol. The summed E-state index contributed by atoms with van der Waals surface area (Å²) in [5.74, 6) is -5.86. The van der Waals surface area contributed by atoms with E-state index in [1.807, 2.05) is 0 Å². The summed E-state index contributed by atoms with van der Waals surface area (Å²) in [6, 6.07) is 0.948. The first-order valence-corrected chi connectivity index (χ1v) is 5.40. The van der Waals surface area contributed by atoms with Crippen molar-refractivity contribution in [3.05, 3.63) is 17.0 Å². The lowest BCUT2D eigenvalue weighted by Crippen LogP contribution is -2.36. The maximum Gasteiger partial charge on any atom is 0.459 e. The highest BCUT2D eigenvalue weighted by Gasteiger charge is 2.64. The number of ether oxygens (including phenoxy) is 1. The van der Waals surface area contributed by atoms with E-state index in [2.05, 4.69) is 9.84 Å². The third-order valence-corrected chi connectivity index (χ3v) is 2.50. The molecule has 1 aromatic rings. The fourth-order valence-corrected chi connectivity index (χ4v) is 1.54. The van der Waals surface area contributed by atoms with E-state index in [0.717, 1.165) is 13.2 Å². The Bertz CT molecular complexity index is 581. The summed E-state index contributed by atoms with van der Waals surface area (Å²) in [5, 5.41) is 11.3. The molecule has 0 fully saturated rings. The summed E-state index contributed by atoms with van der Waals surface area (Å²) >= 11 is 0. The second-order valence-electron chi connectivity index (χ2n) is 3.97. The Balaban J connectivity index is 3.64. The van der Waals surface area contributed by atoms with E-state index in [9.17, 15) is 35.1 Å². The highest BCUT2D eigenvalue weighted by molar-refractivity contribution is 5.40. The SMILES string of the molecule is COCCn1nc(C(F)(F)C(F)(F)F)c(C(F)(F)F)c1C#N. The first kappa shape index (κ1) is 18.1. The van der Waals surface area contributed by atoms with Crippen molar-refractivity contribution in [1.29, 1.82) is 5.26 Å². The standard InChI is InChI=1S/C10H7F8N3O/c1-22-3-2-21-5(4-19)6(9(13,14)15)7(20-21)8(11,12)10(16,17)18/h2-3H2,1H3. The normalized spacial score (nSPS) is 13.3. The number of hydrogen-bond acceptors (Lipinski definition) is 3. The van der Waals surface area contributed by atoms with Gasteiger partial charge in [-0.2, -0.15) is 45.5 Å². The van der Waals surface area contributed by atoms with Gasteiger partial charge in [0, 0.05) is 7.11 Å². The number of nitriles is 1. The molecule has 1 heterocycles. The van der Waals surface area contributed by atoms with Crippen molar-refractivity contribution >= 4 is 0 Å². The predicted octanol–water partition coefficient (Wildman–Crippen LogP) is 3.07. The van der Waals surface area contributed by atoms with Crippen LogP contribution in [0.3, 0.4) is 0 Å². The molecule has 0 aliphatic carbocycles. The van der Waals surface area contributed by atoms with Crippen LogP contribution in [0.5, 0.6) is 0 Å². The van der Waals surface area contributed by atoms with Crippen LogP contribution in [0, 0.1) is 11.3 Å². The molecule has 4 nitrogen and oxygen atoms in total. The topological polar surface area (TPSA) is 50.8 Å². The molecule has 0 saturated carbocycles. The molecule has 0 unspecified atom stereocenters. The second kappa shape index (κ2) is 5.71. The first-order valence-electron chi connectivity index (χ1n) is 5.40. The van der Waals surface area contributed by atoms with Crippen LogP contribution in [-0.2, 0) is 23.4 Å². The molecular weight excluding hydrogens is 330 g/mol. The zero-order valence-corrected chi connectivity index (χ0v) is 10.7. The van der Waals surface area contributed by atoms with Gasteiger partial charge in [0.2, 0.25) is 0 Å². The molecule has 0 aliphatic heterocycles. The quantitative estimate of drug-likeness (QED) is 0.794. The highest BCUT2D eigenvalue weighted by Crippen LogP contribution is 2.48. The van der Waals surface area contributed by atoms with Crippen molar-refractivity contribution in [2.75, 3.05) is 13.7 Å². The molecular formula is C10H7F8N3O. The number of rotatable bonds is 4. The van der Waals surface area contributed by atoms with Crippen molar-refractivity contribution in [1.82, 2.24) is 9.78 Å². The van der Waals surface area contributed by atoms with Crippen LogP contribution in [0.1, 0.15) is 17.0 Å². The highest BCUT2D eigenvalue weighted by atomic mass is 19.4. The maximum atomic E-state index is 13.3. The Morgan fingerprint density at radius 1 is 1.14 bits per heavy atom. The fraction of sp³-hybridized carbons (Fsp3) is 0.600. The van der Waals surface area contributed by atoms with Crippen LogP contribution in [0.25, 0.3) is 0 Å². The molecule has 0 atom stereocenters. The number of aromatic nitrogens is 2. The van der Waals surface area contributed by atoms with Gasteiger partial charge in [-0.3, -0.25) is 4.68 Å². The van der Waals surface area contributed by atoms with Gasteiger partial charge in [0.1, 0.15) is 11.6 Å². The van der Waals surface area contributed by atoms with Crippen molar-refractivity contribution in [3.8, 4) is 6.07 Å². The van der Waals surface area contributed by atoms with E-state index in [-0.39, 0.29) is 11.3 Å². The third kappa shape index (κ3) is 3.13. The van der Waals surface area contributed by atoms with Gasteiger partial charge in [-0.1, -0.05) is 0 Å². The van der Waals surface area contributed by atoms with Crippen LogP contribution >= 0.6 is 0 Å². The summed E-state index contributed by atoms with van der Waals surface area (Å²) in [6.07, 6.45) is -11.9. The third-order valence-electron chi connectivity index (χ3n) is 2.50. The van der Waals surface area contributed by atoms with E-state index < -0.39 is 41.8 Å². The van der Waals surface area contributed by atoms with Crippen LogP contribution in [0.15, 0.2) is 0 Å². The summed E-state index contributed by atoms with van der Waals surface area (Å²) in [6.45, 7) is -0.943. The Hall–Kier alpha value is -1.90. The maximum absolute atomic E-state index is 13.3. The summed E-state index contributed by atoms with van der Waals surface area (Å²) in [4.78, 5) is 0. The zero-order valence-electron chi connectivity index (χ0n) is 10.7. The monoisotopic (exact) mass is 337 g/mol. The molecule has 0 spiro atoms. The number of methoxy groups -OCH3 is 1. The van der Waals surface area contributed by atoms with Crippen molar-refractivity contribution < 1.29 is 39.9 Å². The molecule has 0 aliphatic rings. The molecule has 22 heavy (non-hydrogen) atoms. The minimum atomic E-state index is -6.29. The Kier molecular flexibility index (Phi) is 4.71. The smallest absolute Gasteiger partial charge is 0.383 e. The van der Waals surface area contributed by atoms with E-state index in [1.165, 1.54) is 0 Å². The molecule has 1 rings (SSSR count). The van der Waals surface area contributed by atoms with Gasteiger partial charge in [-0.15, -0.1) is 0 Å². The van der Waals surface area contributed by atoms with E-state index in [1.54, 1.807) is 0 Å². The minimum absolute atomic E-state index is 0.112. The molecule has 12 heteroatoms. The van der Waals surface area contributed by atoms with Crippen LogP contribution in [0.4, 0.5) is 35.1 Å². The van der Waals surface area contributed by atoms with Gasteiger partial charge in [0.05, 0.1) is 13.2 Å². The lowest BCUT2D eigenvalue weighted by molar-refractivity contribution is -0.292. The molecule has 0 aromatic carbocycles. The number of nitrogens with zero attached hydrogens (tertiary/aromatic N) is 3. The van der Waals surface area contributed by atoms with Gasteiger partial charge in [0.25, 0.3) is 0 Å². The molecule has 0 N–H and O–H groups in total. The van der Waals surface area contributed by atoms with Gasteiger partial charge >= 0.3 is 18.3 Å². The number of halogens is 8. The average Bonchev–Trinajstić information content (AvgIpc) is 2.73. The predicted molar refractivity (Wildman–Crippen MR) is 53.8 cm³/mol. The second-order valence-corrected chi connectivity index (χ2v) is 3.97. The first-order chi connectivity index (χ1) is 9.87. The van der Waals surface area contributed by atoms with Crippen molar-refractivity contribution in [3.63, 3.8) is 0 Å². The number of hydrogen-bond donors (Lipinski definition) is 0. The summed E-state index contributed by atoms with van der Waals surface area (Å²) in [7, 11) is 1.12. The molecule has 1 aromatic heterocycles. The Morgan fingerprint density at radius 2 is 1.68 bits per heavy atom. The van der Waals surface area contributed by atoms with Gasteiger partial charge in [0.15, 0.2) is 11.4 Å². The van der Waals surface area contributed by atoms with Crippen LogP contribution in [0.2, 0.25) is 0 Å². The zero-order chi connectivity index (χ0) is 17.3. The van der Waals surface area contributed by atoms with Crippen LogP contribution < -0.4 is 0 Å². The van der Waals surface area contributed by atoms with Gasteiger partial charge in [-0.25, -0.2) is 0 Å². The van der Waals surface area contributed by atoms with Crippen LogP contribution in [-0.4, -0.2) is 29.7 Å². The molecule has 124 valence electrons. The van der Waals surface area contributed by atoms with Gasteiger partial charge < -0.3 is 4.74 Å². The lowest BCUT2D eigenvalue weighted by Gasteiger charge is -2.19. The Morgan fingerprint density at radius 3 is 2.05 bits per heavy atom. The Labute approximate surface area is 117 Å². The van der Waals surface area contributed by atoms with E-state index >= 15 is 0 Å². The number of alkyl halides is 8.